The summed E-state index contributed by atoms with van der Waals surface area (Å²) in [6.07, 6.45) is 2.26. The van der Waals surface area contributed by atoms with Crippen molar-refractivity contribution in [3.05, 3.63) is 47.7 Å². The number of rotatable bonds is 7. The van der Waals surface area contributed by atoms with Gasteiger partial charge in [0.1, 0.15) is 11.4 Å². The van der Waals surface area contributed by atoms with Gasteiger partial charge in [-0.15, -0.1) is 0 Å². The molecular formula is C19H28N4O2. The van der Waals surface area contributed by atoms with E-state index in [1.54, 1.807) is 6.20 Å². The fourth-order valence-corrected chi connectivity index (χ4v) is 2.45. The minimum absolute atomic E-state index is 0.490. The zero-order valence-corrected chi connectivity index (χ0v) is 15.4. The molecule has 2 rings (SSSR count). The van der Waals surface area contributed by atoms with E-state index in [0.29, 0.717) is 18.3 Å². The van der Waals surface area contributed by atoms with Gasteiger partial charge < -0.3 is 10.1 Å². The molecule has 1 atom stereocenters. The molecule has 0 radical (unpaired) electrons. The molecule has 1 heterocycles. The minimum atomic E-state index is -0.532. The summed E-state index contributed by atoms with van der Waals surface area (Å²) in [6, 6.07) is 10.5. The van der Waals surface area contributed by atoms with Gasteiger partial charge in [0.15, 0.2) is 0 Å². The van der Waals surface area contributed by atoms with Crippen molar-refractivity contribution in [2.45, 2.75) is 52.2 Å². The molecule has 1 unspecified atom stereocenters. The summed E-state index contributed by atoms with van der Waals surface area (Å²) in [6.45, 7) is 9.22. The average Bonchev–Trinajstić information content (AvgIpc) is 2.97. The zero-order valence-electron chi connectivity index (χ0n) is 15.4. The first-order valence-electron chi connectivity index (χ1n) is 8.63. The van der Waals surface area contributed by atoms with E-state index in [9.17, 15) is 4.79 Å². The van der Waals surface area contributed by atoms with Crippen molar-refractivity contribution in [3.63, 3.8) is 0 Å². The number of aromatic amines is 1. The van der Waals surface area contributed by atoms with Crippen LogP contribution in [0, 0.1) is 0 Å². The zero-order chi connectivity index (χ0) is 18.3. The molecule has 0 fully saturated rings. The fourth-order valence-electron chi connectivity index (χ4n) is 2.45. The van der Waals surface area contributed by atoms with Crippen LogP contribution < -0.4 is 10.6 Å². The summed E-state index contributed by atoms with van der Waals surface area (Å²) < 4.78 is 5.25. The van der Waals surface area contributed by atoms with Crippen LogP contribution in [0.1, 0.15) is 51.2 Å². The van der Waals surface area contributed by atoms with Gasteiger partial charge in [-0.2, -0.15) is 5.10 Å². The van der Waals surface area contributed by atoms with Gasteiger partial charge in [-0.3, -0.25) is 10.4 Å². The minimum Gasteiger partial charge on any atom is -0.444 e. The number of H-pyrrole nitrogens is 1. The smallest absolute Gasteiger partial charge is 0.413 e. The van der Waals surface area contributed by atoms with Crippen LogP contribution >= 0.6 is 0 Å². The van der Waals surface area contributed by atoms with Gasteiger partial charge in [-0.05, 0) is 45.2 Å². The van der Waals surface area contributed by atoms with Crippen LogP contribution in [0.5, 0.6) is 0 Å². The number of anilines is 1. The highest BCUT2D eigenvalue weighted by Gasteiger charge is 2.17. The lowest BCUT2D eigenvalue weighted by Gasteiger charge is -2.19. The molecule has 136 valence electrons. The van der Waals surface area contributed by atoms with Crippen molar-refractivity contribution in [1.29, 1.82) is 0 Å². The average molecular weight is 344 g/mol. The quantitative estimate of drug-likeness (QED) is 0.662. The standard InChI is InChI=1S/C19H28N4O2/c1-14(15-8-6-5-7-9-15)10-11-20-12-16-13-21-23-17(16)22-18(24)25-19(2,3)4/h5-9,13-14,20H,10-12H2,1-4H3,(H2,21,22,23,24). The van der Waals surface area contributed by atoms with Crippen LogP contribution in [0.4, 0.5) is 10.6 Å². The van der Waals surface area contributed by atoms with Crippen LogP contribution in [0.3, 0.4) is 0 Å². The topological polar surface area (TPSA) is 79.0 Å². The normalized spacial score (nSPS) is 12.6. The lowest BCUT2D eigenvalue weighted by molar-refractivity contribution is 0.0635. The molecule has 0 bridgehead atoms. The van der Waals surface area contributed by atoms with E-state index in [1.165, 1.54) is 5.56 Å². The second-order valence-electron chi connectivity index (χ2n) is 7.17. The van der Waals surface area contributed by atoms with E-state index >= 15 is 0 Å². The van der Waals surface area contributed by atoms with Gasteiger partial charge in [-0.1, -0.05) is 37.3 Å². The van der Waals surface area contributed by atoms with Crippen molar-refractivity contribution in [2.75, 3.05) is 11.9 Å². The highest BCUT2D eigenvalue weighted by Crippen LogP contribution is 2.18. The lowest BCUT2D eigenvalue weighted by atomic mass is 9.98. The van der Waals surface area contributed by atoms with Crippen molar-refractivity contribution >= 4 is 11.9 Å². The molecule has 6 nitrogen and oxygen atoms in total. The first-order chi connectivity index (χ1) is 11.8. The molecule has 0 aliphatic heterocycles. The van der Waals surface area contributed by atoms with Crippen LogP contribution in [-0.4, -0.2) is 28.4 Å². The maximum atomic E-state index is 11.9. The van der Waals surface area contributed by atoms with E-state index in [1.807, 2.05) is 26.8 Å². The molecule has 2 aromatic rings. The van der Waals surface area contributed by atoms with E-state index in [0.717, 1.165) is 18.5 Å². The summed E-state index contributed by atoms with van der Waals surface area (Å²) in [5.74, 6) is 1.07. The molecule has 1 aromatic carbocycles. The van der Waals surface area contributed by atoms with Crippen LogP contribution in [-0.2, 0) is 11.3 Å². The Morgan fingerprint density at radius 3 is 2.68 bits per heavy atom. The number of carbonyl (C=O) groups is 1. The van der Waals surface area contributed by atoms with Gasteiger partial charge in [-0.25, -0.2) is 4.79 Å². The number of hydrogen-bond acceptors (Lipinski definition) is 4. The van der Waals surface area contributed by atoms with Crippen molar-refractivity contribution < 1.29 is 9.53 Å². The summed E-state index contributed by atoms with van der Waals surface area (Å²) in [5.41, 5.74) is 1.72. The van der Waals surface area contributed by atoms with Crippen molar-refractivity contribution in [2.24, 2.45) is 0 Å². The highest BCUT2D eigenvalue weighted by atomic mass is 16.6. The predicted octanol–water partition coefficient (Wildman–Crippen LogP) is 4.04. The van der Waals surface area contributed by atoms with Gasteiger partial charge >= 0.3 is 6.09 Å². The molecular weight excluding hydrogens is 316 g/mol. The summed E-state index contributed by atoms with van der Waals surface area (Å²) >= 11 is 0. The largest absolute Gasteiger partial charge is 0.444 e. The Morgan fingerprint density at radius 1 is 1.28 bits per heavy atom. The Morgan fingerprint density at radius 2 is 2.00 bits per heavy atom. The number of ether oxygens (including phenoxy) is 1. The monoisotopic (exact) mass is 344 g/mol. The number of nitrogens with zero attached hydrogens (tertiary/aromatic N) is 1. The van der Waals surface area contributed by atoms with Crippen LogP contribution in [0.15, 0.2) is 36.5 Å². The lowest BCUT2D eigenvalue weighted by Crippen LogP contribution is -2.28. The number of benzene rings is 1. The first kappa shape index (κ1) is 19.0. The molecule has 0 aliphatic rings. The van der Waals surface area contributed by atoms with Crippen LogP contribution in [0.25, 0.3) is 0 Å². The molecule has 6 heteroatoms. The fraction of sp³-hybridized carbons (Fsp3) is 0.474. The molecule has 0 aliphatic carbocycles. The van der Waals surface area contributed by atoms with Crippen LogP contribution in [0.2, 0.25) is 0 Å². The Balaban J connectivity index is 1.77. The van der Waals surface area contributed by atoms with Gasteiger partial charge in [0.05, 0.1) is 6.20 Å². The van der Waals surface area contributed by atoms with Gasteiger partial charge in [0.2, 0.25) is 0 Å². The Bertz CT molecular complexity index is 662. The third-order valence-electron chi connectivity index (χ3n) is 3.78. The maximum absolute atomic E-state index is 11.9. The number of amides is 1. The first-order valence-corrected chi connectivity index (χ1v) is 8.63. The Labute approximate surface area is 149 Å². The van der Waals surface area contributed by atoms with Crippen molar-refractivity contribution in [3.8, 4) is 0 Å². The molecule has 3 N–H and O–H groups in total. The maximum Gasteiger partial charge on any atom is 0.413 e. The van der Waals surface area contributed by atoms with E-state index in [4.69, 9.17) is 4.74 Å². The second-order valence-corrected chi connectivity index (χ2v) is 7.17. The van der Waals surface area contributed by atoms with E-state index in [2.05, 4.69) is 52.0 Å². The third-order valence-corrected chi connectivity index (χ3v) is 3.78. The molecule has 1 aromatic heterocycles. The second kappa shape index (κ2) is 8.67. The molecule has 0 saturated heterocycles. The van der Waals surface area contributed by atoms with E-state index < -0.39 is 11.7 Å². The van der Waals surface area contributed by atoms with Crippen molar-refractivity contribution in [1.82, 2.24) is 15.5 Å². The molecule has 1 amide bonds. The van der Waals surface area contributed by atoms with Gasteiger partial charge in [0, 0.05) is 12.1 Å². The van der Waals surface area contributed by atoms with E-state index in [-0.39, 0.29) is 0 Å². The molecule has 0 saturated carbocycles. The SMILES string of the molecule is CC(CCNCc1cn[nH]c1NC(=O)OC(C)(C)C)c1ccccc1. The molecule has 25 heavy (non-hydrogen) atoms. The summed E-state index contributed by atoms with van der Waals surface area (Å²) in [5, 5.41) is 12.9. The Kier molecular flexibility index (Phi) is 6.58. The Hall–Kier alpha value is -2.34. The highest BCUT2D eigenvalue weighted by molar-refractivity contribution is 5.84. The number of hydrogen-bond donors (Lipinski definition) is 3. The summed E-state index contributed by atoms with van der Waals surface area (Å²) in [7, 11) is 0. The molecule has 0 spiro atoms. The van der Waals surface area contributed by atoms with Gasteiger partial charge in [0.25, 0.3) is 0 Å². The third kappa shape index (κ3) is 6.58. The summed E-state index contributed by atoms with van der Waals surface area (Å²) in [4.78, 5) is 11.9. The number of nitrogens with one attached hydrogen (secondary N) is 3. The number of carbonyl (C=O) groups excluding carboxylic acids is 1. The predicted molar refractivity (Wildman–Crippen MR) is 99.6 cm³/mol. The number of aromatic nitrogens is 2.